The Morgan fingerprint density at radius 1 is 1.10 bits per heavy atom. The van der Waals surface area contributed by atoms with E-state index >= 15 is 0 Å². The summed E-state index contributed by atoms with van der Waals surface area (Å²) in [5, 5.41) is 12.7. The van der Waals surface area contributed by atoms with Crippen molar-refractivity contribution in [2.45, 2.75) is 26.4 Å². The zero-order chi connectivity index (χ0) is 20.2. The standard InChI is InChI=1S/C22H22FN5O/c1-2-3-10-24-22-25-11-8-18(26-22)21-20(16-4-6-17(23)7-5-16)27-19-13-15(14-29)9-12-28(19)21/h4-9,11-13,29H,2-3,10,14H2,1H3,(H,24,25,26). The average molecular weight is 391 g/mol. The number of unbranched alkanes of at least 4 members (excludes halogenated alkanes) is 1. The van der Waals surface area contributed by atoms with Crippen LogP contribution in [0.2, 0.25) is 0 Å². The fourth-order valence-corrected chi connectivity index (χ4v) is 3.19. The smallest absolute Gasteiger partial charge is 0.223 e. The molecule has 3 aromatic heterocycles. The maximum Gasteiger partial charge on any atom is 0.223 e. The number of hydrogen-bond donors (Lipinski definition) is 2. The van der Waals surface area contributed by atoms with Crippen LogP contribution in [0.5, 0.6) is 0 Å². The van der Waals surface area contributed by atoms with Crippen molar-refractivity contribution in [3.63, 3.8) is 0 Å². The number of hydrogen-bond acceptors (Lipinski definition) is 5. The predicted molar refractivity (Wildman–Crippen MR) is 111 cm³/mol. The SMILES string of the molecule is CCCCNc1nccc(-c2c(-c3ccc(F)cc3)nc3cc(CO)ccn23)n1. The largest absolute Gasteiger partial charge is 0.392 e. The van der Waals surface area contributed by atoms with Crippen LogP contribution in [-0.4, -0.2) is 31.0 Å². The molecule has 6 nitrogen and oxygen atoms in total. The summed E-state index contributed by atoms with van der Waals surface area (Å²) in [7, 11) is 0. The first-order valence-electron chi connectivity index (χ1n) is 9.64. The van der Waals surface area contributed by atoms with Gasteiger partial charge in [0, 0.05) is 24.5 Å². The molecule has 4 aromatic rings. The van der Waals surface area contributed by atoms with Crippen molar-refractivity contribution in [1.82, 2.24) is 19.4 Å². The van der Waals surface area contributed by atoms with E-state index in [1.807, 2.05) is 28.8 Å². The third-order valence-electron chi connectivity index (χ3n) is 4.70. The molecule has 1 aromatic carbocycles. The van der Waals surface area contributed by atoms with Crippen molar-refractivity contribution in [1.29, 1.82) is 0 Å². The van der Waals surface area contributed by atoms with Crippen LogP contribution in [0, 0.1) is 5.82 Å². The Labute approximate surface area is 168 Å². The van der Waals surface area contributed by atoms with Crippen molar-refractivity contribution in [2.24, 2.45) is 0 Å². The van der Waals surface area contributed by atoms with Gasteiger partial charge in [-0.3, -0.25) is 4.40 Å². The number of halogens is 1. The quantitative estimate of drug-likeness (QED) is 0.460. The second-order valence-corrected chi connectivity index (χ2v) is 6.78. The van der Waals surface area contributed by atoms with Gasteiger partial charge in [-0.25, -0.2) is 19.3 Å². The van der Waals surface area contributed by atoms with Crippen LogP contribution >= 0.6 is 0 Å². The summed E-state index contributed by atoms with van der Waals surface area (Å²) in [4.78, 5) is 13.7. The number of anilines is 1. The van der Waals surface area contributed by atoms with Gasteiger partial charge in [0.25, 0.3) is 0 Å². The third-order valence-corrected chi connectivity index (χ3v) is 4.70. The van der Waals surface area contributed by atoms with Gasteiger partial charge in [-0.2, -0.15) is 0 Å². The van der Waals surface area contributed by atoms with Gasteiger partial charge in [-0.05, 0) is 54.4 Å². The zero-order valence-corrected chi connectivity index (χ0v) is 16.1. The molecule has 0 saturated carbocycles. The first kappa shape index (κ1) is 19.0. The molecule has 0 aliphatic carbocycles. The molecule has 0 amide bonds. The van der Waals surface area contributed by atoms with Crippen LogP contribution in [0.4, 0.5) is 10.3 Å². The topological polar surface area (TPSA) is 75.3 Å². The van der Waals surface area contributed by atoms with Crippen LogP contribution in [-0.2, 0) is 6.61 Å². The van der Waals surface area contributed by atoms with E-state index in [0.717, 1.165) is 36.2 Å². The number of aromatic nitrogens is 4. The first-order valence-corrected chi connectivity index (χ1v) is 9.64. The van der Waals surface area contributed by atoms with Crippen molar-refractivity contribution >= 4 is 11.6 Å². The first-order chi connectivity index (χ1) is 14.2. The van der Waals surface area contributed by atoms with Crippen LogP contribution < -0.4 is 5.32 Å². The molecule has 0 spiro atoms. The Morgan fingerprint density at radius 3 is 2.69 bits per heavy atom. The lowest BCUT2D eigenvalue weighted by Gasteiger charge is -2.08. The van der Waals surface area contributed by atoms with Gasteiger partial charge >= 0.3 is 0 Å². The van der Waals surface area contributed by atoms with E-state index in [1.165, 1.54) is 12.1 Å². The number of rotatable bonds is 7. The van der Waals surface area contributed by atoms with E-state index in [2.05, 4.69) is 22.2 Å². The molecule has 0 aliphatic heterocycles. The molecule has 0 saturated heterocycles. The molecule has 0 bridgehead atoms. The molecule has 0 radical (unpaired) electrons. The van der Waals surface area contributed by atoms with E-state index in [0.29, 0.717) is 23.0 Å². The lowest BCUT2D eigenvalue weighted by molar-refractivity contribution is 0.282. The summed E-state index contributed by atoms with van der Waals surface area (Å²) >= 11 is 0. The number of aliphatic hydroxyl groups is 1. The number of aliphatic hydroxyl groups excluding tert-OH is 1. The Bertz CT molecular complexity index is 1120. The Kier molecular flexibility index (Phi) is 5.48. The van der Waals surface area contributed by atoms with E-state index in [4.69, 9.17) is 4.98 Å². The maximum atomic E-state index is 13.4. The van der Waals surface area contributed by atoms with Crippen molar-refractivity contribution in [3.05, 3.63) is 66.2 Å². The molecular weight excluding hydrogens is 369 g/mol. The zero-order valence-electron chi connectivity index (χ0n) is 16.1. The number of imidazole rings is 1. The number of nitrogens with one attached hydrogen (secondary N) is 1. The highest BCUT2D eigenvalue weighted by atomic mass is 19.1. The Balaban J connectivity index is 1.86. The molecule has 0 aliphatic rings. The molecule has 3 heterocycles. The monoisotopic (exact) mass is 391 g/mol. The molecule has 4 rings (SSSR count). The van der Waals surface area contributed by atoms with Gasteiger partial charge in [0.1, 0.15) is 11.5 Å². The van der Waals surface area contributed by atoms with Gasteiger partial charge < -0.3 is 10.4 Å². The van der Waals surface area contributed by atoms with Crippen LogP contribution in [0.25, 0.3) is 28.3 Å². The minimum atomic E-state index is -0.300. The predicted octanol–water partition coefficient (Wildman–Crippen LogP) is 4.30. The summed E-state index contributed by atoms with van der Waals surface area (Å²) in [5.74, 6) is 0.258. The summed E-state index contributed by atoms with van der Waals surface area (Å²) in [6, 6.07) is 11.7. The number of fused-ring (bicyclic) bond motifs is 1. The van der Waals surface area contributed by atoms with Gasteiger partial charge in [0.15, 0.2) is 0 Å². The fourth-order valence-electron chi connectivity index (χ4n) is 3.19. The molecule has 29 heavy (non-hydrogen) atoms. The summed E-state index contributed by atoms with van der Waals surface area (Å²) < 4.78 is 15.4. The molecule has 0 atom stereocenters. The van der Waals surface area contributed by atoms with E-state index in [9.17, 15) is 9.50 Å². The van der Waals surface area contributed by atoms with Crippen molar-refractivity contribution in [2.75, 3.05) is 11.9 Å². The van der Waals surface area contributed by atoms with E-state index in [1.54, 1.807) is 18.3 Å². The maximum absolute atomic E-state index is 13.4. The van der Waals surface area contributed by atoms with Gasteiger partial charge in [0.05, 0.1) is 23.7 Å². The third kappa shape index (κ3) is 3.95. The molecule has 0 fully saturated rings. The van der Waals surface area contributed by atoms with Crippen molar-refractivity contribution in [3.8, 4) is 22.6 Å². The average Bonchev–Trinajstić information content (AvgIpc) is 3.13. The lowest BCUT2D eigenvalue weighted by atomic mass is 10.1. The minimum Gasteiger partial charge on any atom is -0.392 e. The molecular formula is C22H22FN5O. The molecule has 0 unspecified atom stereocenters. The van der Waals surface area contributed by atoms with Crippen LogP contribution in [0.3, 0.4) is 0 Å². The summed E-state index contributed by atoms with van der Waals surface area (Å²) in [6.07, 6.45) is 5.70. The Morgan fingerprint density at radius 2 is 1.93 bits per heavy atom. The highest BCUT2D eigenvalue weighted by Gasteiger charge is 2.18. The van der Waals surface area contributed by atoms with Gasteiger partial charge in [0.2, 0.25) is 5.95 Å². The number of nitrogens with zero attached hydrogens (tertiary/aromatic N) is 4. The van der Waals surface area contributed by atoms with Crippen LogP contribution in [0.15, 0.2) is 54.9 Å². The number of benzene rings is 1. The molecule has 7 heteroatoms. The lowest BCUT2D eigenvalue weighted by Crippen LogP contribution is -2.05. The molecule has 148 valence electrons. The fraction of sp³-hybridized carbons (Fsp3) is 0.227. The highest BCUT2D eigenvalue weighted by molar-refractivity contribution is 5.80. The van der Waals surface area contributed by atoms with Gasteiger partial charge in [-0.15, -0.1) is 0 Å². The van der Waals surface area contributed by atoms with E-state index < -0.39 is 0 Å². The summed E-state index contributed by atoms with van der Waals surface area (Å²) in [6.45, 7) is 2.87. The summed E-state index contributed by atoms with van der Waals surface area (Å²) in [5.41, 5.74) is 4.43. The Hall–Kier alpha value is -3.32. The second-order valence-electron chi connectivity index (χ2n) is 6.78. The highest BCUT2D eigenvalue weighted by Crippen LogP contribution is 2.32. The second kappa shape index (κ2) is 8.36. The molecule has 2 N–H and O–H groups in total. The minimum absolute atomic E-state index is 0.0659. The number of pyridine rings is 1. The van der Waals surface area contributed by atoms with Gasteiger partial charge in [-0.1, -0.05) is 13.3 Å². The normalized spacial score (nSPS) is 11.1. The van der Waals surface area contributed by atoms with Crippen molar-refractivity contribution < 1.29 is 9.50 Å². The van der Waals surface area contributed by atoms with Crippen LogP contribution in [0.1, 0.15) is 25.3 Å². The van der Waals surface area contributed by atoms with E-state index in [-0.39, 0.29) is 12.4 Å².